The molecule has 9 nitrogen and oxygen atoms in total. The Labute approximate surface area is 123 Å². The van der Waals surface area contributed by atoms with E-state index in [1.807, 2.05) is 0 Å². The van der Waals surface area contributed by atoms with E-state index in [-0.39, 0.29) is 18.9 Å². The van der Waals surface area contributed by atoms with Crippen LogP contribution in [0.15, 0.2) is 17.8 Å². The van der Waals surface area contributed by atoms with Crippen molar-refractivity contribution < 1.29 is 19.4 Å². The standard InChI is InChI=1S/C11H13N5O4S/c1-20-7(4-9(17)18)5-12-11(19)10-8(2-3-21-10)16-6-13-14-15-16/h2-3,6-7H,4-5H2,1H3,(H,12,19)(H,17,18). The molecule has 2 aromatic rings. The molecule has 2 N–H and O–H groups in total. The molecule has 112 valence electrons. The van der Waals surface area contributed by atoms with E-state index in [1.54, 1.807) is 11.4 Å². The molecule has 10 heteroatoms. The minimum atomic E-state index is -0.985. The Kier molecular flexibility index (Phi) is 4.95. The van der Waals surface area contributed by atoms with Crippen molar-refractivity contribution >= 4 is 23.2 Å². The highest BCUT2D eigenvalue weighted by molar-refractivity contribution is 7.12. The van der Waals surface area contributed by atoms with Crippen LogP contribution < -0.4 is 5.32 Å². The number of hydrogen-bond acceptors (Lipinski definition) is 7. The molecule has 2 aromatic heterocycles. The molecule has 0 aliphatic carbocycles. The lowest BCUT2D eigenvalue weighted by atomic mass is 10.2. The van der Waals surface area contributed by atoms with E-state index < -0.39 is 12.1 Å². The van der Waals surface area contributed by atoms with Gasteiger partial charge in [-0.05, 0) is 21.9 Å². The van der Waals surface area contributed by atoms with Gasteiger partial charge in [0.1, 0.15) is 11.2 Å². The Balaban J connectivity index is 2.01. The predicted molar refractivity (Wildman–Crippen MR) is 72.4 cm³/mol. The number of nitrogens with one attached hydrogen (secondary N) is 1. The van der Waals surface area contributed by atoms with Crippen molar-refractivity contribution in [2.75, 3.05) is 13.7 Å². The molecule has 1 amide bonds. The van der Waals surface area contributed by atoms with Crippen LogP contribution in [0.25, 0.3) is 5.69 Å². The summed E-state index contributed by atoms with van der Waals surface area (Å²) in [6.45, 7) is 0.106. The quantitative estimate of drug-likeness (QED) is 0.735. The number of carboxylic acid groups (broad SMARTS) is 1. The van der Waals surface area contributed by atoms with Crippen LogP contribution in [0.2, 0.25) is 0 Å². The average molecular weight is 311 g/mol. The van der Waals surface area contributed by atoms with Gasteiger partial charge in [0, 0.05) is 13.7 Å². The van der Waals surface area contributed by atoms with Crippen LogP contribution in [-0.4, -0.2) is 56.9 Å². The molecule has 0 bridgehead atoms. The third-order valence-corrected chi connectivity index (χ3v) is 3.57. The van der Waals surface area contributed by atoms with E-state index in [0.29, 0.717) is 10.6 Å². The fraction of sp³-hybridized carbons (Fsp3) is 0.364. The van der Waals surface area contributed by atoms with Gasteiger partial charge in [0.15, 0.2) is 0 Å². The van der Waals surface area contributed by atoms with Gasteiger partial charge < -0.3 is 15.2 Å². The number of aliphatic carboxylic acids is 1. The van der Waals surface area contributed by atoms with Crippen LogP contribution in [0.5, 0.6) is 0 Å². The fourth-order valence-corrected chi connectivity index (χ4v) is 2.44. The van der Waals surface area contributed by atoms with Crippen LogP contribution in [0, 0.1) is 0 Å². The summed E-state index contributed by atoms with van der Waals surface area (Å²) in [5.74, 6) is -1.32. The van der Waals surface area contributed by atoms with Crippen LogP contribution in [-0.2, 0) is 9.53 Å². The zero-order chi connectivity index (χ0) is 15.2. The molecule has 0 radical (unpaired) electrons. The first kappa shape index (κ1) is 15.1. The Morgan fingerprint density at radius 2 is 2.38 bits per heavy atom. The first-order valence-electron chi connectivity index (χ1n) is 5.95. The molecule has 21 heavy (non-hydrogen) atoms. The second kappa shape index (κ2) is 6.90. The summed E-state index contributed by atoms with van der Waals surface area (Å²) < 4.78 is 6.39. The zero-order valence-electron chi connectivity index (χ0n) is 11.1. The molecule has 0 aromatic carbocycles. The topological polar surface area (TPSA) is 119 Å². The predicted octanol–water partition coefficient (Wildman–Crippen LogP) is -0.0567. The number of amides is 1. The minimum Gasteiger partial charge on any atom is -0.481 e. The summed E-state index contributed by atoms with van der Waals surface area (Å²) in [6.07, 6.45) is 0.630. The first-order chi connectivity index (χ1) is 10.1. The Hall–Kier alpha value is -2.33. The third kappa shape index (κ3) is 3.83. The van der Waals surface area contributed by atoms with Crippen molar-refractivity contribution in [3.05, 3.63) is 22.7 Å². The lowest BCUT2D eigenvalue weighted by Gasteiger charge is -2.13. The number of ether oxygens (including phenoxy) is 1. The minimum absolute atomic E-state index is 0.106. The third-order valence-electron chi connectivity index (χ3n) is 2.67. The van der Waals surface area contributed by atoms with E-state index in [2.05, 4.69) is 20.8 Å². The van der Waals surface area contributed by atoms with Crippen molar-refractivity contribution in [3.63, 3.8) is 0 Å². The maximum Gasteiger partial charge on any atom is 0.306 e. The number of aromatic nitrogens is 4. The zero-order valence-corrected chi connectivity index (χ0v) is 11.9. The lowest BCUT2D eigenvalue weighted by molar-refractivity contribution is -0.139. The van der Waals surface area contributed by atoms with E-state index >= 15 is 0 Å². The smallest absolute Gasteiger partial charge is 0.306 e. The second-order valence-electron chi connectivity index (χ2n) is 4.05. The number of thiophene rings is 1. The van der Waals surface area contributed by atoms with Gasteiger partial charge in [-0.15, -0.1) is 16.4 Å². The second-order valence-corrected chi connectivity index (χ2v) is 4.97. The summed E-state index contributed by atoms with van der Waals surface area (Å²) in [6, 6.07) is 1.72. The SMILES string of the molecule is COC(CNC(=O)c1sccc1-n1cnnn1)CC(=O)O. The lowest BCUT2D eigenvalue weighted by Crippen LogP contribution is -2.34. The molecule has 0 aliphatic heterocycles. The van der Waals surface area contributed by atoms with Crippen LogP contribution in [0.1, 0.15) is 16.1 Å². The number of methoxy groups -OCH3 is 1. The number of rotatable bonds is 7. The molecular formula is C11H13N5O4S. The number of carbonyl (C=O) groups is 2. The van der Waals surface area contributed by atoms with Crippen molar-refractivity contribution in [1.29, 1.82) is 0 Å². The number of tetrazole rings is 1. The average Bonchev–Trinajstić information content (AvgIpc) is 3.11. The molecule has 0 aliphatic rings. The molecule has 0 saturated carbocycles. The van der Waals surface area contributed by atoms with Crippen LogP contribution in [0.3, 0.4) is 0 Å². The molecule has 1 atom stereocenters. The largest absolute Gasteiger partial charge is 0.481 e. The molecule has 2 heterocycles. The van der Waals surface area contributed by atoms with Crippen LogP contribution >= 0.6 is 11.3 Å². The van der Waals surface area contributed by atoms with Gasteiger partial charge in [0.05, 0.1) is 18.2 Å². The summed E-state index contributed by atoms with van der Waals surface area (Å²) in [5.41, 5.74) is 0.565. The Morgan fingerprint density at radius 1 is 1.57 bits per heavy atom. The van der Waals surface area contributed by atoms with Gasteiger partial charge in [0.2, 0.25) is 0 Å². The molecule has 2 rings (SSSR count). The van der Waals surface area contributed by atoms with E-state index in [9.17, 15) is 9.59 Å². The molecule has 0 saturated heterocycles. The number of carbonyl (C=O) groups excluding carboxylic acids is 1. The summed E-state index contributed by atoms with van der Waals surface area (Å²) in [5, 5.41) is 23.9. The monoisotopic (exact) mass is 311 g/mol. The van der Waals surface area contributed by atoms with E-state index in [4.69, 9.17) is 9.84 Å². The fourth-order valence-electron chi connectivity index (χ4n) is 1.64. The maximum absolute atomic E-state index is 12.1. The maximum atomic E-state index is 12.1. The van der Waals surface area contributed by atoms with Gasteiger partial charge in [-0.3, -0.25) is 9.59 Å². The first-order valence-corrected chi connectivity index (χ1v) is 6.83. The van der Waals surface area contributed by atoms with E-state index in [0.717, 1.165) is 0 Å². The van der Waals surface area contributed by atoms with Gasteiger partial charge in [-0.25, -0.2) is 0 Å². The van der Waals surface area contributed by atoms with Crippen molar-refractivity contribution in [1.82, 2.24) is 25.5 Å². The highest BCUT2D eigenvalue weighted by Crippen LogP contribution is 2.19. The van der Waals surface area contributed by atoms with Gasteiger partial charge in [-0.1, -0.05) is 0 Å². The number of hydrogen-bond donors (Lipinski definition) is 2. The van der Waals surface area contributed by atoms with Crippen molar-refractivity contribution in [2.45, 2.75) is 12.5 Å². The molecular weight excluding hydrogens is 298 g/mol. The Bertz CT molecular complexity index is 612. The Morgan fingerprint density at radius 3 is 3.00 bits per heavy atom. The molecule has 0 fully saturated rings. The van der Waals surface area contributed by atoms with Crippen molar-refractivity contribution in [3.8, 4) is 5.69 Å². The van der Waals surface area contributed by atoms with Crippen LogP contribution in [0.4, 0.5) is 0 Å². The van der Waals surface area contributed by atoms with Gasteiger partial charge in [0.25, 0.3) is 5.91 Å². The number of nitrogens with zero attached hydrogens (tertiary/aromatic N) is 4. The summed E-state index contributed by atoms with van der Waals surface area (Å²) in [4.78, 5) is 23.2. The van der Waals surface area contributed by atoms with Crippen molar-refractivity contribution in [2.24, 2.45) is 0 Å². The molecule has 1 unspecified atom stereocenters. The number of carboxylic acids is 1. The normalized spacial score (nSPS) is 12.0. The van der Waals surface area contributed by atoms with E-state index in [1.165, 1.54) is 29.5 Å². The summed E-state index contributed by atoms with van der Waals surface area (Å²) in [7, 11) is 1.40. The highest BCUT2D eigenvalue weighted by Gasteiger charge is 2.18. The summed E-state index contributed by atoms with van der Waals surface area (Å²) >= 11 is 1.24. The molecule has 0 spiro atoms. The highest BCUT2D eigenvalue weighted by atomic mass is 32.1. The van der Waals surface area contributed by atoms with Gasteiger partial charge in [-0.2, -0.15) is 4.68 Å². The van der Waals surface area contributed by atoms with Gasteiger partial charge >= 0.3 is 5.97 Å².